The number of methoxy groups -OCH3 is 1. The molecule has 1 fully saturated rings. The Kier molecular flexibility index (Phi) is 5.76. The fourth-order valence-corrected chi connectivity index (χ4v) is 6.11. The number of benzene rings is 3. The quantitative estimate of drug-likeness (QED) is 0.583. The first-order valence-corrected chi connectivity index (χ1v) is 12.2. The first-order chi connectivity index (χ1) is 16.8. The number of thioether (sulfide) groups is 1. The summed E-state index contributed by atoms with van der Waals surface area (Å²) < 4.78 is 5.35. The summed E-state index contributed by atoms with van der Waals surface area (Å²) >= 11 is 1.28. The lowest BCUT2D eigenvalue weighted by Crippen LogP contribution is -2.50. The van der Waals surface area contributed by atoms with Gasteiger partial charge in [-0.1, -0.05) is 42.0 Å². The van der Waals surface area contributed by atoms with E-state index in [-0.39, 0.29) is 30.0 Å². The van der Waals surface area contributed by atoms with Gasteiger partial charge in [0.05, 0.1) is 18.6 Å². The van der Waals surface area contributed by atoms with Crippen molar-refractivity contribution in [2.75, 3.05) is 34.5 Å². The number of amides is 3. The van der Waals surface area contributed by atoms with Gasteiger partial charge in [0.15, 0.2) is 0 Å². The highest BCUT2D eigenvalue weighted by molar-refractivity contribution is 8.02. The number of para-hydroxylation sites is 1. The molecule has 0 saturated carbocycles. The third kappa shape index (κ3) is 3.74. The molecule has 0 radical (unpaired) electrons. The lowest BCUT2D eigenvalue weighted by Gasteiger charge is -2.33. The van der Waals surface area contributed by atoms with E-state index in [1.54, 1.807) is 36.3 Å². The lowest BCUT2D eigenvalue weighted by molar-refractivity contribution is -0.124. The SMILES string of the molecule is COc1cccc(N2C(=O)CS[C@@]23C(=O)N(CC(=O)Nc2ccc(C)cc2C)c2ccccc23)c1. The lowest BCUT2D eigenvalue weighted by atomic mass is 10.0. The van der Waals surface area contributed by atoms with E-state index >= 15 is 0 Å². The smallest absolute Gasteiger partial charge is 0.269 e. The van der Waals surface area contributed by atoms with Gasteiger partial charge in [-0.3, -0.25) is 24.2 Å². The fraction of sp³-hybridized carbons (Fsp3) is 0.222. The first kappa shape index (κ1) is 23.0. The van der Waals surface area contributed by atoms with Gasteiger partial charge in [-0.25, -0.2) is 0 Å². The van der Waals surface area contributed by atoms with Gasteiger partial charge in [-0.15, -0.1) is 11.8 Å². The van der Waals surface area contributed by atoms with Crippen molar-refractivity contribution in [2.24, 2.45) is 0 Å². The second-order valence-electron chi connectivity index (χ2n) is 8.64. The molecule has 0 aromatic heterocycles. The zero-order chi connectivity index (χ0) is 24.7. The molecule has 3 aromatic carbocycles. The molecule has 1 saturated heterocycles. The van der Waals surface area contributed by atoms with Crippen LogP contribution in [0.15, 0.2) is 66.7 Å². The standard InChI is InChI=1S/C27H25N3O4S/c1-17-11-12-22(18(2)13-17)28-24(31)15-29-23-10-5-4-9-21(23)27(26(29)33)30(25(32)16-35-27)19-7-6-8-20(14-19)34-3/h4-14H,15-16H2,1-3H3,(H,28,31)/t27-/m0/s1. The maximum atomic E-state index is 14.1. The van der Waals surface area contributed by atoms with Crippen LogP contribution >= 0.6 is 11.8 Å². The summed E-state index contributed by atoms with van der Waals surface area (Å²) in [6.45, 7) is 3.76. The Morgan fingerprint density at radius 2 is 1.86 bits per heavy atom. The topological polar surface area (TPSA) is 79.0 Å². The zero-order valence-corrected chi connectivity index (χ0v) is 20.5. The van der Waals surface area contributed by atoms with Crippen molar-refractivity contribution >= 4 is 46.5 Å². The molecule has 2 aliphatic heterocycles. The van der Waals surface area contributed by atoms with Crippen LogP contribution in [0.2, 0.25) is 0 Å². The van der Waals surface area contributed by atoms with E-state index < -0.39 is 4.87 Å². The number of nitrogens with one attached hydrogen (secondary N) is 1. The van der Waals surface area contributed by atoms with Crippen LogP contribution in [0.25, 0.3) is 0 Å². The summed E-state index contributed by atoms with van der Waals surface area (Å²) in [5.74, 6) is -0.0498. The van der Waals surface area contributed by atoms with Gasteiger partial charge in [0.2, 0.25) is 16.7 Å². The molecule has 178 valence electrons. The maximum Gasteiger partial charge on any atom is 0.269 e. The van der Waals surface area contributed by atoms with Crippen molar-refractivity contribution in [2.45, 2.75) is 18.7 Å². The second kappa shape index (κ2) is 8.78. The number of carbonyl (C=O) groups is 3. The number of aryl methyl sites for hydroxylation is 2. The number of carbonyl (C=O) groups excluding carboxylic acids is 3. The number of hydrogen-bond acceptors (Lipinski definition) is 5. The van der Waals surface area contributed by atoms with Gasteiger partial charge in [0.25, 0.3) is 5.91 Å². The van der Waals surface area contributed by atoms with Gasteiger partial charge in [-0.2, -0.15) is 0 Å². The average molecular weight is 488 g/mol. The highest BCUT2D eigenvalue weighted by Crippen LogP contribution is 2.55. The maximum absolute atomic E-state index is 14.1. The van der Waals surface area contributed by atoms with Gasteiger partial charge in [-0.05, 0) is 43.7 Å². The van der Waals surface area contributed by atoms with Crippen LogP contribution in [0, 0.1) is 13.8 Å². The van der Waals surface area contributed by atoms with E-state index in [1.165, 1.54) is 16.7 Å². The second-order valence-corrected chi connectivity index (χ2v) is 9.81. The van der Waals surface area contributed by atoms with Crippen molar-refractivity contribution in [1.82, 2.24) is 0 Å². The predicted molar refractivity (Wildman–Crippen MR) is 138 cm³/mol. The molecule has 5 rings (SSSR count). The van der Waals surface area contributed by atoms with Gasteiger partial charge in [0, 0.05) is 23.0 Å². The Labute approximate surface area is 208 Å². The summed E-state index contributed by atoms with van der Waals surface area (Å²) in [6.07, 6.45) is 0. The molecule has 7 nitrogen and oxygen atoms in total. The molecule has 1 spiro atoms. The Balaban J connectivity index is 1.51. The van der Waals surface area contributed by atoms with Crippen LogP contribution in [0.4, 0.5) is 17.1 Å². The van der Waals surface area contributed by atoms with Crippen LogP contribution in [-0.4, -0.2) is 37.1 Å². The fourth-order valence-electron chi connectivity index (χ4n) is 4.75. The molecular formula is C27H25N3O4S. The molecule has 2 heterocycles. The average Bonchev–Trinajstić information content (AvgIpc) is 3.32. The molecular weight excluding hydrogens is 462 g/mol. The Bertz CT molecular complexity index is 1360. The van der Waals surface area contributed by atoms with E-state index in [1.807, 2.05) is 56.3 Å². The molecule has 35 heavy (non-hydrogen) atoms. The van der Waals surface area contributed by atoms with Crippen LogP contribution in [0.3, 0.4) is 0 Å². The van der Waals surface area contributed by atoms with E-state index in [4.69, 9.17) is 4.74 Å². The minimum Gasteiger partial charge on any atom is -0.497 e. The molecule has 1 N–H and O–H groups in total. The summed E-state index contributed by atoms with van der Waals surface area (Å²) in [6, 6.07) is 20.3. The Morgan fingerprint density at radius 3 is 2.63 bits per heavy atom. The number of ether oxygens (including phenoxy) is 1. The van der Waals surface area contributed by atoms with E-state index in [0.717, 1.165) is 11.1 Å². The molecule has 2 aliphatic rings. The van der Waals surface area contributed by atoms with Crippen LogP contribution in [-0.2, 0) is 19.3 Å². The van der Waals surface area contributed by atoms with E-state index in [9.17, 15) is 14.4 Å². The van der Waals surface area contributed by atoms with E-state index in [2.05, 4.69) is 5.32 Å². The monoisotopic (exact) mass is 487 g/mol. The Hall–Kier alpha value is -3.78. The largest absolute Gasteiger partial charge is 0.497 e. The van der Waals surface area contributed by atoms with Gasteiger partial charge >= 0.3 is 0 Å². The zero-order valence-electron chi connectivity index (χ0n) is 19.7. The van der Waals surface area contributed by atoms with Crippen molar-refractivity contribution in [1.29, 1.82) is 0 Å². The van der Waals surface area contributed by atoms with E-state index in [0.29, 0.717) is 28.4 Å². The number of hydrogen-bond donors (Lipinski definition) is 1. The molecule has 0 aliphatic carbocycles. The minimum atomic E-state index is -1.28. The highest BCUT2D eigenvalue weighted by atomic mass is 32.2. The number of fused-ring (bicyclic) bond motifs is 2. The van der Waals surface area contributed by atoms with Crippen molar-refractivity contribution < 1.29 is 19.1 Å². The van der Waals surface area contributed by atoms with Crippen molar-refractivity contribution in [3.05, 3.63) is 83.4 Å². The van der Waals surface area contributed by atoms with Gasteiger partial charge < -0.3 is 10.1 Å². The minimum absolute atomic E-state index is 0.153. The normalized spacial score (nSPS) is 18.8. The summed E-state index contributed by atoms with van der Waals surface area (Å²) in [7, 11) is 1.56. The molecule has 0 bridgehead atoms. The van der Waals surface area contributed by atoms with Crippen LogP contribution < -0.4 is 19.9 Å². The summed E-state index contributed by atoms with van der Waals surface area (Å²) in [4.78, 5) is 42.0. The Morgan fingerprint density at radius 1 is 1.06 bits per heavy atom. The first-order valence-electron chi connectivity index (χ1n) is 11.2. The van der Waals surface area contributed by atoms with Crippen LogP contribution in [0.1, 0.15) is 16.7 Å². The third-order valence-corrected chi connectivity index (χ3v) is 7.72. The molecule has 0 unspecified atom stereocenters. The van der Waals surface area contributed by atoms with Crippen LogP contribution in [0.5, 0.6) is 5.75 Å². The number of nitrogens with zero attached hydrogens (tertiary/aromatic N) is 2. The third-order valence-electron chi connectivity index (χ3n) is 6.33. The van der Waals surface area contributed by atoms with Crippen molar-refractivity contribution in [3.63, 3.8) is 0 Å². The molecule has 1 atom stereocenters. The predicted octanol–water partition coefficient (Wildman–Crippen LogP) is 4.23. The van der Waals surface area contributed by atoms with Gasteiger partial charge in [0.1, 0.15) is 12.3 Å². The number of anilines is 3. The summed E-state index contributed by atoms with van der Waals surface area (Å²) in [5, 5.41) is 2.92. The highest BCUT2D eigenvalue weighted by Gasteiger charge is 2.61. The molecule has 8 heteroatoms. The van der Waals surface area contributed by atoms with Crippen molar-refractivity contribution in [3.8, 4) is 5.75 Å². The molecule has 3 amide bonds. The summed E-state index contributed by atoms with van der Waals surface area (Å²) in [5.41, 5.74) is 4.66. The molecule has 3 aromatic rings. The number of rotatable bonds is 5.